The highest BCUT2D eigenvalue weighted by Crippen LogP contribution is 2.27. The van der Waals surface area contributed by atoms with Crippen LogP contribution in [0.4, 0.5) is 22.2 Å². The topological polar surface area (TPSA) is 127 Å². The normalized spacial score (nSPS) is 14.7. The van der Waals surface area contributed by atoms with E-state index in [1.165, 1.54) is 0 Å². The number of nitrogens with zero attached hydrogens (tertiary/aromatic N) is 7. The summed E-state index contributed by atoms with van der Waals surface area (Å²) in [5.41, 5.74) is 7.03. The van der Waals surface area contributed by atoms with Crippen molar-refractivity contribution in [2.75, 3.05) is 42.1 Å². The molecule has 1 aliphatic heterocycles. The van der Waals surface area contributed by atoms with E-state index in [-0.39, 0.29) is 18.6 Å². The molecule has 174 valence electrons. The minimum absolute atomic E-state index is 0.128. The number of carbonyl (C=O) groups excluding carboxylic acids is 1. The Bertz CT molecular complexity index is 1080. The van der Waals surface area contributed by atoms with Gasteiger partial charge < -0.3 is 25.6 Å². The third kappa shape index (κ3) is 5.48. The number of pyridine rings is 1. The van der Waals surface area contributed by atoms with Gasteiger partial charge in [0.1, 0.15) is 6.61 Å². The predicted molar refractivity (Wildman–Crippen MR) is 125 cm³/mol. The summed E-state index contributed by atoms with van der Waals surface area (Å²) >= 11 is 0. The van der Waals surface area contributed by atoms with Crippen LogP contribution in [-0.2, 0) is 6.61 Å². The molecule has 0 bridgehead atoms. The van der Waals surface area contributed by atoms with Crippen LogP contribution in [-0.4, -0.2) is 61.8 Å². The van der Waals surface area contributed by atoms with Gasteiger partial charge in [0, 0.05) is 50.8 Å². The Kier molecular flexibility index (Phi) is 6.86. The zero-order valence-electron chi connectivity index (χ0n) is 18.9. The molecule has 1 fully saturated rings. The standard InChI is InChI=1S/C22H29N9O2/c1-3-16(2)31-14-18(13-26-31)28-22(32)30-11-9-29(10-12-30)20-19(5-4-7-24-20)33-15-17-6-8-25-21(23)27-17/h4-8,13-14,16H,3,9-12,15H2,1-2H3,(H,28,32)(H2,23,25,27). The minimum Gasteiger partial charge on any atom is -0.483 e. The van der Waals surface area contributed by atoms with Gasteiger partial charge in [0.05, 0.1) is 17.6 Å². The summed E-state index contributed by atoms with van der Waals surface area (Å²) in [6.07, 6.45) is 7.86. The quantitative estimate of drug-likeness (QED) is 0.561. The lowest BCUT2D eigenvalue weighted by Crippen LogP contribution is -2.50. The lowest BCUT2D eigenvalue weighted by Gasteiger charge is -2.35. The van der Waals surface area contributed by atoms with Crippen molar-refractivity contribution in [3.05, 3.63) is 48.7 Å². The second-order valence-electron chi connectivity index (χ2n) is 7.89. The number of nitrogens with two attached hydrogens (primary N) is 1. The number of carbonyl (C=O) groups is 1. The van der Waals surface area contributed by atoms with Gasteiger partial charge in [-0.25, -0.2) is 19.7 Å². The van der Waals surface area contributed by atoms with E-state index >= 15 is 0 Å². The number of urea groups is 1. The molecule has 0 radical (unpaired) electrons. The fourth-order valence-corrected chi connectivity index (χ4v) is 3.53. The van der Waals surface area contributed by atoms with Crippen molar-refractivity contribution in [3.63, 3.8) is 0 Å². The summed E-state index contributed by atoms with van der Waals surface area (Å²) in [7, 11) is 0. The number of anilines is 3. The van der Waals surface area contributed by atoms with Crippen LogP contribution >= 0.6 is 0 Å². The third-order valence-electron chi connectivity index (χ3n) is 5.62. The van der Waals surface area contributed by atoms with Crippen LogP contribution in [0.3, 0.4) is 0 Å². The molecule has 0 spiro atoms. The largest absolute Gasteiger partial charge is 0.483 e. The van der Waals surface area contributed by atoms with E-state index in [1.807, 2.05) is 23.0 Å². The molecule has 33 heavy (non-hydrogen) atoms. The first-order valence-corrected chi connectivity index (χ1v) is 11.0. The maximum Gasteiger partial charge on any atom is 0.322 e. The number of amides is 2. The van der Waals surface area contributed by atoms with Gasteiger partial charge in [-0.3, -0.25) is 4.68 Å². The summed E-state index contributed by atoms with van der Waals surface area (Å²) in [5, 5.41) is 7.27. The molecule has 11 heteroatoms. The van der Waals surface area contributed by atoms with Crippen LogP contribution in [0.25, 0.3) is 0 Å². The first-order chi connectivity index (χ1) is 16.0. The number of nitrogen functional groups attached to an aromatic ring is 1. The molecule has 3 N–H and O–H groups in total. The lowest BCUT2D eigenvalue weighted by atomic mass is 10.3. The fraction of sp³-hybridized carbons (Fsp3) is 0.409. The fourth-order valence-electron chi connectivity index (χ4n) is 3.53. The highest BCUT2D eigenvalue weighted by molar-refractivity contribution is 5.89. The van der Waals surface area contributed by atoms with Gasteiger partial charge in [0.2, 0.25) is 5.95 Å². The number of ether oxygens (including phenoxy) is 1. The van der Waals surface area contributed by atoms with Crippen LogP contribution in [0.1, 0.15) is 32.0 Å². The molecule has 0 aliphatic carbocycles. The number of aromatic nitrogens is 5. The van der Waals surface area contributed by atoms with Crippen molar-refractivity contribution in [2.45, 2.75) is 32.9 Å². The second-order valence-corrected chi connectivity index (χ2v) is 7.89. The Labute approximate surface area is 192 Å². The van der Waals surface area contributed by atoms with Gasteiger partial charge in [0.15, 0.2) is 11.6 Å². The third-order valence-corrected chi connectivity index (χ3v) is 5.62. The van der Waals surface area contributed by atoms with Gasteiger partial charge in [0.25, 0.3) is 0 Å². The number of nitrogens with one attached hydrogen (secondary N) is 1. The molecular weight excluding hydrogens is 422 g/mol. The smallest absolute Gasteiger partial charge is 0.322 e. The monoisotopic (exact) mass is 451 g/mol. The number of hydrogen-bond acceptors (Lipinski definition) is 8. The average molecular weight is 452 g/mol. The van der Waals surface area contributed by atoms with Gasteiger partial charge >= 0.3 is 6.03 Å². The Morgan fingerprint density at radius 3 is 2.79 bits per heavy atom. The van der Waals surface area contributed by atoms with Crippen molar-refractivity contribution in [1.29, 1.82) is 0 Å². The van der Waals surface area contributed by atoms with Crippen LogP contribution in [0.15, 0.2) is 43.0 Å². The van der Waals surface area contributed by atoms with Crippen molar-refractivity contribution in [1.82, 2.24) is 29.6 Å². The predicted octanol–water partition coefficient (Wildman–Crippen LogP) is 2.55. The molecule has 0 saturated carbocycles. The Morgan fingerprint density at radius 1 is 1.21 bits per heavy atom. The average Bonchev–Trinajstić information content (AvgIpc) is 3.31. The van der Waals surface area contributed by atoms with Crippen molar-refractivity contribution < 1.29 is 9.53 Å². The molecule has 3 aromatic heterocycles. The first-order valence-electron chi connectivity index (χ1n) is 11.0. The van der Waals surface area contributed by atoms with Crippen LogP contribution in [0.5, 0.6) is 5.75 Å². The summed E-state index contributed by atoms with van der Waals surface area (Å²) in [4.78, 5) is 29.2. The zero-order chi connectivity index (χ0) is 23.2. The van der Waals surface area contributed by atoms with E-state index in [9.17, 15) is 4.79 Å². The van der Waals surface area contributed by atoms with E-state index < -0.39 is 0 Å². The number of piperazine rings is 1. The van der Waals surface area contributed by atoms with Gasteiger partial charge in [-0.1, -0.05) is 6.92 Å². The maximum atomic E-state index is 12.7. The van der Waals surface area contributed by atoms with Crippen molar-refractivity contribution >= 4 is 23.5 Å². The number of rotatable bonds is 7. The second kappa shape index (κ2) is 10.2. The van der Waals surface area contributed by atoms with Crippen LogP contribution in [0.2, 0.25) is 0 Å². The highest BCUT2D eigenvalue weighted by Gasteiger charge is 2.24. The molecule has 11 nitrogen and oxygen atoms in total. The van der Waals surface area contributed by atoms with Crippen molar-refractivity contribution in [3.8, 4) is 5.75 Å². The van der Waals surface area contributed by atoms with Crippen molar-refractivity contribution in [2.24, 2.45) is 0 Å². The van der Waals surface area contributed by atoms with E-state index in [0.29, 0.717) is 49.4 Å². The summed E-state index contributed by atoms with van der Waals surface area (Å²) in [6.45, 7) is 6.90. The minimum atomic E-state index is -0.128. The lowest BCUT2D eigenvalue weighted by molar-refractivity contribution is 0.208. The van der Waals surface area contributed by atoms with Gasteiger partial charge in [-0.15, -0.1) is 0 Å². The van der Waals surface area contributed by atoms with Crippen LogP contribution < -0.4 is 20.7 Å². The summed E-state index contributed by atoms with van der Waals surface area (Å²) in [5.74, 6) is 1.61. The summed E-state index contributed by atoms with van der Waals surface area (Å²) in [6, 6.07) is 5.63. The Morgan fingerprint density at radius 2 is 2.03 bits per heavy atom. The van der Waals surface area contributed by atoms with E-state index in [1.54, 1.807) is 29.6 Å². The Balaban J connectivity index is 1.33. The van der Waals surface area contributed by atoms with E-state index in [4.69, 9.17) is 10.5 Å². The highest BCUT2D eigenvalue weighted by atomic mass is 16.5. The molecule has 1 atom stereocenters. The van der Waals surface area contributed by atoms with Gasteiger partial charge in [-0.2, -0.15) is 5.10 Å². The summed E-state index contributed by atoms with van der Waals surface area (Å²) < 4.78 is 7.83. The first kappa shape index (κ1) is 22.3. The van der Waals surface area contributed by atoms with E-state index in [2.05, 4.69) is 44.1 Å². The maximum absolute atomic E-state index is 12.7. The molecule has 4 rings (SSSR count). The van der Waals surface area contributed by atoms with Gasteiger partial charge in [-0.05, 0) is 31.5 Å². The van der Waals surface area contributed by atoms with E-state index in [0.717, 1.165) is 12.2 Å². The molecule has 1 saturated heterocycles. The van der Waals surface area contributed by atoms with Crippen LogP contribution in [0, 0.1) is 0 Å². The Hall–Kier alpha value is -3.89. The molecule has 0 aromatic carbocycles. The molecule has 2 amide bonds. The molecule has 1 unspecified atom stereocenters. The molecule has 1 aliphatic rings. The molecule has 3 aromatic rings. The SMILES string of the molecule is CCC(C)n1cc(NC(=O)N2CCN(c3ncccc3OCc3ccnc(N)n3)CC2)cn1. The molecule has 4 heterocycles. The molecular formula is C22H29N9O2. The zero-order valence-corrected chi connectivity index (χ0v) is 18.9. The number of hydrogen-bond donors (Lipinski definition) is 2.